The molecule has 0 bridgehead atoms. The molecule has 1 unspecified atom stereocenters. The van der Waals surface area contributed by atoms with Gasteiger partial charge in [0.2, 0.25) is 17.7 Å². The molecule has 214 valence electrons. The van der Waals surface area contributed by atoms with Gasteiger partial charge in [0.05, 0.1) is 12.5 Å². The molecule has 0 fully saturated rings. The van der Waals surface area contributed by atoms with Crippen molar-refractivity contribution in [2.24, 2.45) is 5.92 Å². The molecule has 0 aliphatic carbocycles. The van der Waals surface area contributed by atoms with E-state index in [-0.39, 0.29) is 29.8 Å². The molecule has 0 spiro atoms. The van der Waals surface area contributed by atoms with E-state index >= 15 is 0 Å². The van der Waals surface area contributed by atoms with Crippen molar-refractivity contribution in [2.45, 2.75) is 20.0 Å². The number of carbonyl (C=O) groups excluding carboxylic acids is 1. The van der Waals surface area contributed by atoms with E-state index in [0.717, 1.165) is 10.6 Å². The minimum Gasteiger partial charge on any atom is -0.437 e. The van der Waals surface area contributed by atoms with Gasteiger partial charge in [-0.25, -0.2) is 9.00 Å². The van der Waals surface area contributed by atoms with Crippen LogP contribution in [0.25, 0.3) is 0 Å². The molecule has 0 aliphatic rings. The summed E-state index contributed by atoms with van der Waals surface area (Å²) in [7, 11) is 0. The van der Waals surface area contributed by atoms with Crippen molar-refractivity contribution in [1.29, 1.82) is 0 Å². The number of ether oxygens (including phenoxy) is 1. The zero-order chi connectivity index (χ0) is 29.7. The Morgan fingerprint density at radius 3 is 2.41 bits per heavy atom. The van der Waals surface area contributed by atoms with Crippen molar-refractivity contribution in [3.05, 3.63) is 109 Å². The molecule has 2 aromatic carbocycles. The van der Waals surface area contributed by atoms with Gasteiger partial charge in [-0.2, -0.15) is 9.37 Å². The largest absolute Gasteiger partial charge is 0.437 e. The Kier molecular flexibility index (Phi) is 9.55. The van der Waals surface area contributed by atoms with Gasteiger partial charge in [0, 0.05) is 23.3 Å². The monoisotopic (exact) mass is 621 g/mol. The second-order valence-corrected chi connectivity index (χ2v) is 10.3. The fraction of sp³-hybridized carbons (Fsp3) is 0.154. The Morgan fingerprint density at radius 2 is 1.76 bits per heavy atom. The molecule has 4 rings (SSSR count). The van der Waals surface area contributed by atoms with Crippen LogP contribution >= 0.6 is 23.2 Å². The van der Waals surface area contributed by atoms with Crippen molar-refractivity contribution in [1.82, 2.24) is 18.8 Å². The number of hydrogen-bond donors (Lipinski definition) is 3. The van der Waals surface area contributed by atoms with Crippen LogP contribution in [0.1, 0.15) is 12.5 Å². The lowest BCUT2D eigenvalue weighted by atomic mass is 10.1. The van der Waals surface area contributed by atoms with E-state index in [1.165, 1.54) is 23.6 Å². The highest BCUT2D eigenvalue weighted by molar-refractivity contribution is 7.77. The van der Waals surface area contributed by atoms with Gasteiger partial charge in [-0.05, 0) is 54.1 Å². The Bertz CT molecular complexity index is 1710. The number of aromatic nitrogens is 3. The normalized spacial score (nSPS) is 12.4. The zero-order valence-corrected chi connectivity index (χ0v) is 23.5. The topological polar surface area (TPSA) is 145 Å². The molecular weight excluding hydrogens is 600 g/mol. The van der Waals surface area contributed by atoms with Gasteiger partial charge in [-0.1, -0.05) is 42.3 Å². The first-order chi connectivity index (χ1) is 19.5. The summed E-state index contributed by atoms with van der Waals surface area (Å²) in [5.41, 5.74) is -0.224. The molecule has 41 heavy (non-hydrogen) atoms. The molecule has 0 saturated heterocycles. The highest BCUT2D eigenvalue weighted by Gasteiger charge is 2.20. The van der Waals surface area contributed by atoms with Crippen molar-refractivity contribution in [3.63, 3.8) is 0 Å². The van der Waals surface area contributed by atoms with Crippen LogP contribution in [0.4, 0.5) is 15.9 Å². The third-order valence-electron chi connectivity index (χ3n) is 5.75. The van der Waals surface area contributed by atoms with Gasteiger partial charge in [0.1, 0.15) is 16.6 Å². The zero-order valence-electron chi connectivity index (χ0n) is 21.2. The maximum atomic E-state index is 13.5. The summed E-state index contributed by atoms with van der Waals surface area (Å²) in [5, 5.41) is 3.66. The number of rotatable bonds is 10. The molecular formula is C26H22Cl2FN5O6S. The molecule has 4 aromatic rings. The van der Waals surface area contributed by atoms with E-state index < -0.39 is 40.3 Å². The number of amides is 1. The second kappa shape index (κ2) is 13.1. The summed E-state index contributed by atoms with van der Waals surface area (Å²) >= 11 is 9.41. The predicted molar refractivity (Wildman–Crippen MR) is 153 cm³/mol. The molecule has 0 saturated carbocycles. The molecule has 2 heterocycles. The average molecular weight is 622 g/mol. The number of pyridine rings is 1. The van der Waals surface area contributed by atoms with Crippen LogP contribution < -0.4 is 26.0 Å². The number of hydrogen-bond acceptors (Lipinski definition) is 7. The van der Waals surface area contributed by atoms with E-state index in [1.54, 1.807) is 48.5 Å². The fourth-order valence-corrected chi connectivity index (χ4v) is 4.34. The number of nitrogens with one attached hydrogen (secondary N) is 2. The van der Waals surface area contributed by atoms with Crippen LogP contribution in [0.2, 0.25) is 10.0 Å². The number of halogens is 3. The van der Waals surface area contributed by atoms with Crippen LogP contribution in [0.3, 0.4) is 0 Å². The number of anilines is 2. The quantitative estimate of drug-likeness (QED) is 0.175. The lowest BCUT2D eigenvalue weighted by molar-refractivity contribution is -0.123. The Balaban J connectivity index is 1.65. The highest BCUT2D eigenvalue weighted by Crippen LogP contribution is 2.28. The molecule has 2 atom stereocenters. The summed E-state index contributed by atoms with van der Waals surface area (Å²) in [4.78, 5) is 42.2. The third-order valence-corrected chi connectivity index (χ3v) is 6.66. The summed E-state index contributed by atoms with van der Waals surface area (Å²) in [6.07, 6.45) is 0. The maximum Gasteiger partial charge on any atom is 0.332 e. The summed E-state index contributed by atoms with van der Waals surface area (Å²) in [6.45, 7) is 1.13. The van der Waals surface area contributed by atoms with E-state index in [9.17, 15) is 23.0 Å². The van der Waals surface area contributed by atoms with Crippen LogP contribution in [0, 0.1) is 11.9 Å². The van der Waals surface area contributed by atoms with Gasteiger partial charge < -0.3 is 10.1 Å². The van der Waals surface area contributed by atoms with Crippen molar-refractivity contribution in [2.75, 3.05) is 5.32 Å². The van der Waals surface area contributed by atoms with Crippen LogP contribution in [-0.2, 0) is 29.2 Å². The maximum absolute atomic E-state index is 13.5. The first-order valence-corrected chi connectivity index (χ1v) is 13.7. The van der Waals surface area contributed by atoms with Crippen molar-refractivity contribution in [3.8, 4) is 11.6 Å². The standard InChI is InChI=1S/C26H22Cl2FN5O6S/c1-15(24(36)32-41(38)39)13-34-23(35)12-22(33(26(34)37)14-16-2-4-17(27)5-3-16)30-18-6-8-19(9-7-18)40-25-20(28)10-11-21(29)31-25/h2-12,15,30H,13-14H2,1H3,(H,32,36)(H,38,39)/t15-/m0/s1. The second-order valence-electron chi connectivity index (χ2n) is 8.76. The lowest BCUT2D eigenvalue weighted by Crippen LogP contribution is -2.44. The molecule has 15 heteroatoms. The molecule has 3 N–H and O–H groups in total. The summed E-state index contributed by atoms with van der Waals surface area (Å²) in [5.74, 6) is -2.17. The average Bonchev–Trinajstić information content (AvgIpc) is 2.92. The van der Waals surface area contributed by atoms with Gasteiger partial charge in [-0.15, -0.1) is 0 Å². The molecule has 0 radical (unpaired) electrons. The molecule has 0 aliphatic heterocycles. The highest BCUT2D eigenvalue weighted by atomic mass is 35.5. The SMILES string of the molecule is C[C@@H](Cn1c(=O)cc(Nc2ccc(Oc3nc(F)ccc3Cl)cc2)n(Cc2ccc(Cl)cc2)c1=O)C(=O)NS(=O)O. The Hall–Kier alpha value is -4.04. The number of benzene rings is 2. The lowest BCUT2D eigenvalue weighted by Gasteiger charge is -2.18. The van der Waals surface area contributed by atoms with Crippen LogP contribution in [-0.4, -0.2) is 28.8 Å². The Morgan fingerprint density at radius 1 is 1.07 bits per heavy atom. The van der Waals surface area contributed by atoms with Gasteiger partial charge in [0.25, 0.3) is 16.8 Å². The fourth-order valence-electron chi connectivity index (χ4n) is 3.69. The van der Waals surface area contributed by atoms with Gasteiger partial charge >= 0.3 is 5.69 Å². The van der Waals surface area contributed by atoms with E-state index in [2.05, 4.69) is 10.3 Å². The minimum absolute atomic E-state index is 0.0464. The first kappa shape index (κ1) is 29.9. The predicted octanol–water partition coefficient (Wildman–Crippen LogP) is 4.32. The Labute approximate surface area is 244 Å². The summed E-state index contributed by atoms with van der Waals surface area (Å²) in [6, 6.07) is 16.7. The summed E-state index contributed by atoms with van der Waals surface area (Å²) < 4.78 is 42.9. The number of carbonyl (C=O) groups is 1. The first-order valence-electron chi connectivity index (χ1n) is 11.9. The van der Waals surface area contributed by atoms with Crippen molar-refractivity contribution < 1.29 is 22.7 Å². The van der Waals surface area contributed by atoms with Crippen LogP contribution in [0.5, 0.6) is 11.6 Å². The molecule has 1 amide bonds. The minimum atomic E-state index is -2.59. The third kappa shape index (κ3) is 7.79. The number of nitrogens with zero attached hydrogens (tertiary/aromatic N) is 3. The van der Waals surface area contributed by atoms with E-state index in [0.29, 0.717) is 22.0 Å². The molecule has 11 nitrogen and oxygen atoms in total. The van der Waals surface area contributed by atoms with E-state index in [4.69, 9.17) is 32.5 Å². The smallest absolute Gasteiger partial charge is 0.332 e. The molecule has 2 aromatic heterocycles. The van der Waals surface area contributed by atoms with Crippen LogP contribution in [0.15, 0.2) is 76.3 Å². The van der Waals surface area contributed by atoms with Gasteiger partial charge in [-0.3, -0.25) is 28.0 Å². The van der Waals surface area contributed by atoms with E-state index in [1.807, 2.05) is 4.72 Å². The van der Waals surface area contributed by atoms with Crippen molar-refractivity contribution >= 4 is 51.9 Å². The van der Waals surface area contributed by atoms with Gasteiger partial charge in [0.15, 0.2) is 0 Å².